The molecule has 1 amide bonds. The summed E-state index contributed by atoms with van der Waals surface area (Å²) in [5, 5.41) is 3.31. The number of amides is 1. The van der Waals surface area contributed by atoms with Crippen LogP contribution in [-0.2, 0) is 4.79 Å². The van der Waals surface area contributed by atoms with Gasteiger partial charge in [-0.25, -0.2) is 4.98 Å². The van der Waals surface area contributed by atoms with Gasteiger partial charge < -0.3 is 15.1 Å². The van der Waals surface area contributed by atoms with Gasteiger partial charge in [0.2, 0.25) is 5.91 Å². The van der Waals surface area contributed by atoms with Crippen molar-refractivity contribution in [3.63, 3.8) is 0 Å². The molecule has 136 valence electrons. The highest BCUT2D eigenvalue weighted by Gasteiger charge is 2.34. The molecule has 1 aromatic heterocycles. The fourth-order valence-corrected chi connectivity index (χ4v) is 3.95. The maximum atomic E-state index is 12.5. The van der Waals surface area contributed by atoms with Crippen LogP contribution in [0, 0.1) is 5.92 Å². The quantitative estimate of drug-likeness (QED) is 0.807. The molecule has 1 aliphatic carbocycles. The molecule has 5 heteroatoms. The second kappa shape index (κ2) is 8.48. The third-order valence-electron chi connectivity index (χ3n) is 5.13. The molecule has 5 nitrogen and oxygen atoms in total. The molecule has 0 bridgehead atoms. The standard InChI is InChI=1S/C20H30N4O/c1-23(2)13-17-14-24(19-10-6-7-11-21-19)15-18(17)22-20(25)12-16-8-4-3-5-9-16/h6-8,10-11,17-18H,3-5,9,12-15H2,1-2H3,(H,22,25)/t17-,18-/m1/s1. The summed E-state index contributed by atoms with van der Waals surface area (Å²) in [4.78, 5) is 21.5. The summed E-state index contributed by atoms with van der Waals surface area (Å²) >= 11 is 0. The van der Waals surface area contributed by atoms with E-state index in [9.17, 15) is 4.79 Å². The van der Waals surface area contributed by atoms with Crippen molar-refractivity contribution in [1.82, 2.24) is 15.2 Å². The molecule has 2 heterocycles. The summed E-state index contributed by atoms with van der Waals surface area (Å²) in [5.41, 5.74) is 1.31. The lowest BCUT2D eigenvalue weighted by Gasteiger charge is -2.23. The van der Waals surface area contributed by atoms with E-state index in [-0.39, 0.29) is 11.9 Å². The number of hydrogen-bond acceptors (Lipinski definition) is 4. The number of nitrogens with one attached hydrogen (secondary N) is 1. The van der Waals surface area contributed by atoms with Crippen LogP contribution < -0.4 is 10.2 Å². The van der Waals surface area contributed by atoms with Gasteiger partial charge in [0.15, 0.2) is 0 Å². The first kappa shape index (κ1) is 17.9. The van der Waals surface area contributed by atoms with Crippen LogP contribution in [0.25, 0.3) is 0 Å². The molecule has 0 saturated carbocycles. The van der Waals surface area contributed by atoms with Crippen LogP contribution in [0.2, 0.25) is 0 Å². The minimum absolute atomic E-state index is 0.171. The normalized spacial score (nSPS) is 23.6. The van der Waals surface area contributed by atoms with Gasteiger partial charge in [0.1, 0.15) is 5.82 Å². The predicted octanol–water partition coefficient (Wildman–Crippen LogP) is 2.45. The summed E-state index contributed by atoms with van der Waals surface area (Å²) < 4.78 is 0. The molecule has 0 spiro atoms. The molecular weight excluding hydrogens is 312 g/mol. The number of allylic oxidation sites excluding steroid dienone is 1. The summed E-state index contributed by atoms with van der Waals surface area (Å²) in [5.74, 6) is 1.59. The Kier molecular flexibility index (Phi) is 6.08. The van der Waals surface area contributed by atoms with Crippen molar-refractivity contribution in [1.29, 1.82) is 0 Å². The Bertz CT molecular complexity index is 599. The maximum Gasteiger partial charge on any atom is 0.224 e. The zero-order chi connectivity index (χ0) is 17.6. The smallest absolute Gasteiger partial charge is 0.224 e. The molecule has 3 rings (SSSR count). The van der Waals surface area contributed by atoms with E-state index >= 15 is 0 Å². The lowest BCUT2D eigenvalue weighted by molar-refractivity contribution is -0.121. The van der Waals surface area contributed by atoms with Gasteiger partial charge in [-0.2, -0.15) is 0 Å². The Morgan fingerprint density at radius 2 is 2.20 bits per heavy atom. The maximum absolute atomic E-state index is 12.5. The van der Waals surface area contributed by atoms with Crippen LogP contribution in [0.1, 0.15) is 32.1 Å². The van der Waals surface area contributed by atoms with Crippen molar-refractivity contribution in [3.8, 4) is 0 Å². The van der Waals surface area contributed by atoms with Gasteiger partial charge in [-0.15, -0.1) is 0 Å². The molecule has 1 saturated heterocycles. The zero-order valence-corrected chi connectivity index (χ0v) is 15.4. The number of pyridine rings is 1. The fraction of sp³-hybridized carbons (Fsp3) is 0.600. The number of nitrogens with zero attached hydrogens (tertiary/aromatic N) is 3. The highest BCUT2D eigenvalue weighted by Crippen LogP contribution is 2.24. The first-order valence-electron chi connectivity index (χ1n) is 9.40. The zero-order valence-electron chi connectivity index (χ0n) is 15.4. The molecule has 25 heavy (non-hydrogen) atoms. The van der Waals surface area contributed by atoms with Gasteiger partial charge in [0, 0.05) is 38.2 Å². The summed E-state index contributed by atoms with van der Waals surface area (Å²) in [6.07, 6.45) is 9.35. The van der Waals surface area contributed by atoms with Crippen molar-refractivity contribution in [3.05, 3.63) is 36.0 Å². The summed E-state index contributed by atoms with van der Waals surface area (Å²) in [7, 11) is 4.18. The van der Waals surface area contributed by atoms with Crippen molar-refractivity contribution in [2.45, 2.75) is 38.1 Å². The van der Waals surface area contributed by atoms with Crippen LogP contribution in [-0.4, -0.2) is 55.6 Å². The molecule has 0 radical (unpaired) electrons. The number of carbonyl (C=O) groups excluding carboxylic acids is 1. The van der Waals surface area contributed by atoms with Gasteiger partial charge in [-0.1, -0.05) is 17.7 Å². The van der Waals surface area contributed by atoms with Gasteiger partial charge in [0.05, 0.1) is 6.04 Å². The van der Waals surface area contributed by atoms with E-state index in [1.807, 2.05) is 24.4 Å². The molecule has 2 atom stereocenters. The first-order valence-corrected chi connectivity index (χ1v) is 9.40. The molecule has 1 N–H and O–H groups in total. The molecule has 0 unspecified atom stereocenters. The Morgan fingerprint density at radius 1 is 1.32 bits per heavy atom. The van der Waals surface area contributed by atoms with Gasteiger partial charge in [0.25, 0.3) is 0 Å². The molecule has 1 aromatic rings. The van der Waals surface area contributed by atoms with E-state index in [0.29, 0.717) is 12.3 Å². The van der Waals surface area contributed by atoms with Crippen LogP contribution in [0.15, 0.2) is 36.0 Å². The molecule has 0 aromatic carbocycles. The van der Waals surface area contributed by atoms with Crippen molar-refractivity contribution in [2.75, 3.05) is 38.6 Å². The third-order valence-corrected chi connectivity index (χ3v) is 5.13. The van der Waals surface area contributed by atoms with E-state index in [0.717, 1.165) is 38.3 Å². The van der Waals surface area contributed by atoms with Crippen LogP contribution in [0.4, 0.5) is 5.82 Å². The van der Waals surface area contributed by atoms with Gasteiger partial charge >= 0.3 is 0 Å². The summed E-state index contributed by atoms with van der Waals surface area (Å²) in [6.45, 7) is 2.74. The number of hydrogen-bond donors (Lipinski definition) is 1. The Morgan fingerprint density at radius 3 is 2.88 bits per heavy atom. The van der Waals surface area contributed by atoms with Crippen LogP contribution in [0.3, 0.4) is 0 Å². The lowest BCUT2D eigenvalue weighted by atomic mass is 9.96. The largest absolute Gasteiger partial charge is 0.354 e. The Balaban J connectivity index is 1.62. The average molecular weight is 342 g/mol. The second-order valence-corrected chi connectivity index (χ2v) is 7.57. The number of aromatic nitrogens is 1. The second-order valence-electron chi connectivity index (χ2n) is 7.57. The highest BCUT2D eigenvalue weighted by molar-refractivity contribution is 5.79. The average Bonchev–Trinajstić information content (AvgIpc) is 2.98. The minimum Gasteiger partial charge on any atom is -0.354 e. The van der Waals surface area contributed by atoms with Crippen molar-refractivity contribution >= 4 is 11.7 Å². The first-order chi connectivity index (χ1) is 12.1. The lowest BCUT2D eigenvalue weighted by Crippen LogP contribution is -2.43. The van der Waals surface area contributed by atoms with Gasteiger partial charge in [-0.3, -0.25) is 4.79 Å². The van der Waals surface area contributed by atoms with Gasteiger partial charge in [-0.05, 0) is 51.9 Å². The molecule has 2 aliphatic rings. The van der Waals surface area contributed by atoms with E-state index in [4.69, 9.17) is 0 Å². The topological polar surface area (TPSA) is 48.5 Å². The van der Waals surface area contributed by atoms with Crippen LogP contribution in [0.5, 0.6) is 0 Å². The predicted molar refractivity (Wildman–Crippen MR) is 102 cm³/mol. The molecule has 1 aliphatic heterocycles. The minimum atomic E-state index is 0.171. The fourth-order valence-electron chi connectivity index (χ4n) is 3.95. The Labute approximate surface area is 151 Å². The SMILES string of the molecule is CN(C)C[C@@H]1CN(c2ccccn2)C[C@H]1NC(=O)CC1=CCCCC1. The highest BCUT2D eigenvalue weighted by atomic mass is 16.1. The van der Waals surface area contributed by atoms with E-state index in [2.05, 4.69) is 40.3 Å². The number of anilines is 1. The third kappa shape index (κ3) is 5.05. The Hall–Kier alpha value is -1.88. The van der Waals surface area contributed by atoms with Crippen LogP contribution >= 0.6 is 0 Å². The number of carbonyl (C=O) groups is 1. The number of rotatable bonds is 6. The summed E-state index contributed by atoms with van der Waals surface area (Å²) in [6, 6.07) is 6.18. The van der Waals surface area contributed by atoms with E-state index in [1.165, 1.54) is 18.4 Å². The monoisotopic (exact) mass is 342 g/mol. The van der Waals surface area contributed by atoms with Crippen molar-refractivity contribution in [2.24, 2.45) is 5.92 Å². The molecular formula is C20H30N4O. The van der Waals surface area contributed by atoms with E-state index < -0.39 is 0 Å². The van der Waals surface area contributed by atoms with Crippen molar-refractivity contribution < 1.29 is 4.79 Å². The molecule has 1 fully saturated rings. The van der Waals surface area contributed by atoms with E-state index in [1.54, 1.807) is 0 Å².